The van der Waals surface area contributed by atoms with E-state index in [0.717, 1.165) is 29.0 Å². The van der Waals surface area contributed by atoms with Crippen LogP contribution in [-0.4, -0.2) is 46.3 Å². The largest absolute Gasteiger partial charge is 0.416 e. The molecule has 2 aliphatic heterocycles. The quantitative estimate of drug-likeness (QED) is 0.615. The van der Waals surface area contributed by atoms with Gasteiger partial charge in [-0.15, -0.1) is 0 Å². The molecule has 3 aromatic rings. The molecule has 0 atom stereocenters. The molecule has 9 heteroatoms. The number of nitrogens with zero attached hydrogens (tertiary/aromatic N) is 3. The SMILES string of the molecule is Cc1nc2ccc(C(=O)N3CCC4(CC3)CC(=O)N(c3ccc(C(F)(F)F)cc3)C4)cc2[nH]1. The molecule has 2 amide bonds. The molecule has 2 aromatic carbocycles. The Hall–Kier alpha value is -3.36. The van der Waals surface area contributed by atoms with Crippen LogP contribution in [0.2, 0.25) is 0 Å². The van der Waals surface area contributed by atoms with Crippen LogP contribution in [0.4, 0.5) is 18.9 Å². The van der Waals surface area contributed by atoms with Gasteiger partial charge in [-0.2, -0.15) is 13.2 Å². The zero-order valence-electron chi connectivity index (χ0n) is 18.1. The molecule has 0 unspecified atom stereocenters. The van der Waals surface area contributed by atoms with Gasteiger partial charge in [-0.05, 0) is 62.2 Å². The van der Waals surface area contributed by atoms with E-state index in [1.165, 1.54) is 12.1 Å². The number of H-pyrrole nitrogens is 1. The fraction of sp³-hybridized carbons (Fsp3) is 0.375. The molecule has 1 aromatic heterocycles. The van der Waals surface area contributed by atoms with E-state index in [0.29, 0.717) is 50.1 Å². The zero-order chi connectivity index (χ0) is 23.4. The molecule has 3 heterocycles. The topological polar surface area (TPSA) is 69.3 Å². The minimum Gasteiger partial charge on any atom is -0.342 e. The van der Waals surface area contributed by atoms with Crippen LogP contribution in [0.15, 0.2) is 42.5 Å². The van der Waals surface area contributed by atoms with E-state index in [-0.39, 0.29) is 17.2 Å². The Morgan fingerprint density at radius 2 is 1.79 bits per heavy atom. The molecule has 5 rings (SSSR count). The smallest absolute Gasteiger partial charge is 0.342 e. The number of anilines is 1. The first kappa shape index (κ1) is 21.5. The number of hydrogen-bond acceptors (Lipinski definition) is 3. The maximum absolute atomic E-state index is 13.0. The van der Waals surface area contributed by atoms with E-state index < -0.39 is 11.7 Å². The third-order valence-corrected chi connectivity index (χ3v) is 6.79. The lowest BCUT2D eigenvalue weighted by Crippen LogP contribution is -2.44. The normalized spacial score (nSPS) is 18.5. The molecule has 172 valence electrons. The van der Waals surface area contributed by atoms with Gasteiger partial charge in [0, 0.05) is 42.7 Å². The molecule has 0 saturated carbocycles. The second kappa shape index (κ2) is 7.60. The Bertz CT molecular complexity index is 1220. The minimum atomic E-state index is -4.41. The second-order valence-electron chi connectivity index (χ2n) is 9.05. The van der Waals surface area contributed by atoms with E-state index in [1.54, 1.807) is 15.9 Å². The number of carbonyl (C=O) groups excluding carboxylic acids is 2. The van der Waals surface area contributed by atoms with Crippen LogP contribution in [0, 0.1) is 12.3 Å². The lowest BCUT2D eigenvalue weighted by atomic mass is 9.77. The van der Waals surface area contributed by atoms with Gasteiger partial charge in [-0.25, -0.2) is 4.98 Å². The Morgan fingerprint density at radius 1 is 1.09 bits per heavy atom. The molecule has 0 aliphatic carbocycles. The lowest BCUT2D eigenvalue weighted by molar-refractivity contribution is -0.137. The standard InChI is InChI=1S/C24H23F3N4O2/c1-15-28-19-7-2-16(12-20(19)29-15)22(33)30-10-8-23(9-11-30)13-21(32)31(14-23)18-5-3-17(4-6-18)24(25,26)27/h2-7,12H,8-11,13-14H2,1H3,(H,28,29). The van der Waals surface area contributed by atoms with Crippen LogP contribution < -0.4 is 4.90 Å². The number of aryl methyl sites for hydroxylation is 1. The van der Waals surface area contributed by atoms with E-state index >= 15 is 0 Å². The average Bonchev–Trinajstić information content (AvgIpc) is 3.31. The maximum atomic E-state index is 13.0. The summed E-state index contributed by atoms with van der Waals surface area (Å²) in [4.78, 5) is 36.6. The molecule has 0 radical (unpaired) electrons. The van der Waals surface area contributed by atoms with Crippen molar-refractivity contribution in [3.63, 3.8) is 0 Å². The van der Waals surface area contributed by atoms with Crippen molar-refractivity contribution in [1.29, 1.82) is 0 Å². The minimum absolute atomic E-state index is 0.0528. The first-order chi connectivity index (χ1) is 15.6. The monoisotopic (exact) mass is 456 g/mol. The van der Waals surface area contributed by atoms with Crippen molar-refractivity contribution in [2.24, 2.45) is 5.41 Å². The Labute approximate surface area is 188 Å². The molecular weight excluding hydrogens is 433 g/mol. The van der Waals surface area contributed by atoms with Gasteiger partial charge in [-0.3, -0.25) is 9.59 Å². The summed E-state index contributed by atoms with van der Waals surface area (Å²) in [5.41, 5.74) is 1.71. The van der Waals surface area contributed by atoms with Crippen molar-refractivity contribution in [2.45, 2.75) is 32.4 Å². The first-order valence-electron chi connectivity index (χ1n) is 10.9. The molecule has 1 N–H and O–H groups in total. The number of piperidine rings is 1. The van der Waals surface area contributed by atoms with Gasteiger partial charge in [0.1, 0.15) is 5.82 Å². The highest BCUT2D eigenvalue weighted by Crippen LogP contribution is 2.43. The number of carbonyl (C=O) groups is 2. The number of halogens is 3. The number of aromatic amines is 1. The van der Waals surface area contributed by atoms with Gasteiger partial charge < -0.3 is 14.8 Å². The van der Waals surface area contributed by atoms with Crippen molar-refractivity contribution < 1.29 is 22.8 Å². The van der Waals surface area contributed by atoms with Crippen molar-refractivity contribution >= 4 is 28.5 Å². The second-order valence-corrected chi connectivity index (χ2v) is 9.05. The molecule has 2 aliphatic rings. The maximum Gasteiger partial charge on any atom is 0.416 e. The van der Waals surface area contributed by atoms with E-state index in [2.05, 4.69) is 9.97 Å². The molecule has 2 saturated heterocycles. The highest BCUT2D eigenvalue weighted by Gasteiger charge is 2.46. The molecule has 6 nitrogen and oxygen atoms in total. The van der Waals surface area contributed by atoms with Crippen molar-refractivity contribution in [2.75, 3.05) is 24.5 Å². The van der Waals surface area contributed by atoms with Gasteiger partial charge in [0.25, 0.3) is 5.91 Å². The molecule has 2 fully saturated rings. The van der Waals surface area contributed by atoms with E-state index in [4.69, 9.17) is 0 Å². The van der Waals surface area contributed by atoms with Gasteiger partial charge >= 0.3 is 6.18 Å². The Morgan fingerprint density at radius 3 is 2.45 bits per heavy atom. The number of imidazole rings is 1. The summed E-state index contributed by atoms with van der Waals surface area (Å²) in [7, 11) is 0. The fourth-order valence-corrected chi connectivity index (χ4v) is 4.93. The molecule has 33 heavy (non-hydrogen) atoms. The molecular formula is C24H23F3N4O2. The summed E-state index contributed by atoms with van der Waals surface area (Å²) < 4.78 is 38.5. The number of rotatable bonds is 2. The lowest BCUT2D eigenvalue weighted by Gasteiger charge is -2.38. The number of amides is 2. The number of alkyl halides is 3. The van der Waals surface area contributed by atoms with Crippen LogP contribution >= 0.6 is 0 Å². The third kappa shape index (κ3) is 3.96. The summed E-state index contributed by atoms with van der Waals surface area (Å²) >= 11 is 0. The van der Waals surface area contributed by atoms with Crippen molar-refractivity contribution in [3.05, 3.63) is 59.4 Å². The highest BCUT2D eigenvalue weighted by molar-refractivity contribution is 5.98. The van der Waals surface area contributed by atoms with E-state index in [1.807, 2.05) is 19.1 Å². The van der Waals surface area contributed by atoms with Crippen LogP contribution in [0.3, 0.4) is 0 Å². The third-order valence-electron chi connectivity index (χ3n) is 6.79. The number of nitrogens with one attached hydrogen (secondary N) is 1. The Balaban J connectivity index is 1.26. The van der Waals surface area contributed by atoms with Crippen molar-refractivity contribution in [3.8, 4) is 0 Å². The number of hydrogen-bond donors (Lipinski definition) is 1. The number of likely N-dealkylation sites (tertiary alicyclic amines) is 1. The van der Waals surface area contributed by atoms with Crippen molar-refractivity contribution in [1.82, 2.24) is 14.9 Å². The first-order valence-corrected chi connectivity index (χ1v) is 10.9. The summed E-state index contributed by atoms with van der Waals surface area (Å²) in [5.74, 6) is 0.649. The number of fused-ring (bicyclic) bond motifs is 1. The number of benzene rings is 2. The summed E-state index contributed by atoms with van der Waals surface area (Å²) in [6.07, 6.45) is -2.72. The summed E-state index contributed by atoms with van der Waals surface area (Å²) in [6.45, 7) is 3.39. The highest BCUT2D eigenvalue weighted by atomic mass is 19.4. The summed E-state index contributed by atoms with van der Waals surface area (Å²) in [5, 5.41) is 0. The molecule has 1 spiro atoms. The number of aromatic nitrogens is 2. The molecule has 0 bridgehead atoms. The fourth-order valence-electron chi connectivity index (χ4n) is 4.93. The van der Waals surface area contributed by atoms with Gasteiger partial charge in [-0.1, -0.05) is 0 Å². The van der Waals surface area contributed by atoms with Gasteiger partial charge in [0.05, 0.1) is 16.6 Å². The zero-order valence-corrected chi connectivity index (χ0v) is 18.1. The van der Waals surface area contributed by atoms with Gasteiger partial charge in [0.2, 0.25) is 5.91 Å². The summed E-state index contributed by atoms with van der Waals surface area (Å²) in [6, 6.07) is 10.1. The van der Waals surface area contributed by atoms with Crippen LogP contribution in [0.1, 0.15) is 41.0 Å². The van der Waals surface area contributed by atoms with Crippen LogP contribution in [-0.2, 0) is 11.0 Å². The average molecular weight is 456 g/mol. The predicted octanol–water partition coefficient (Wildman–Crippen LogP) is 4.55. The van der Waals surface area contributed by atoms with E-state index in [9.17, 15) is 22.8 Å². The Kier molecular flexibility index (Phi) is 4.95. The van der Waals surface area contributed by atoms with Gasteiger partial charge in [0.15, 0.2) is 0 Å². The van der Waals surface area contributed by atoms with Crippen LogP contribution in [0.5, 0.6) is 0 Å². The predicted molar refractivity (Wildman–Crippen MR) is 117 cm³/mol. The van der Waals surface area contributed by atoms with Crippen LogP contribution in [0.25, 0.3) is 11.0 Å².